The van der Waals surface area contributed by atoms with Gasteiger partial charge < -0.3 is 15.0 Å². The van der Waals surface area contributed by atoms with Crippen LogP contribution in [-0.4, -0.2) is 42.3 Å². The fourth-order valence-corrected chi connectivity index (χ4v) is 3.40. The molecule has 2 saturated heterocycles. The van der Waals surface area contributed by atoms with Crippen molar-refractivity contribution in [3.8, 4) is 0 Å². The third kappa shape index (κ3) is 3.12. The molecule has 2 aliphatic heterocycles. The number of carbonyl (C=O) groups excluding carboxylic acids is 1. The summed E-state index contributed by atoms with van der Waals surface area (Å²) in [4.78, 5) is 13.9. The highest BCUT2D eigenvalue weighted by Crippen LogP contribution is 2.41. The summed E-state index contributed by atoms with van der Waals surface area (Å²) in [5.74, 6) is 0. The molecule has 2 fully saturated rings. The minimum atomic E-state index is -0.412. The van der Waals surface area contributed by atoms with Crippen molar-refractivity contribution in [3.05, 3.63) is 35.9 Å². The van der Waals surface area contributed by atoms with Gasteiger partial charge in [-0.1, -0.05) is 30.3 Å². The van der Waals surface area contributed by atoms with Gasteiger partial charge in [-0.2, -0.15) is 0 Å². The van der Waals surface area contributed by atoms with Crippen molar-refractivity contribution in [1.82, 2.24) is 10.2 Å². The van der Waals surface area contributed by atoms with Crippen LogP contribution in [-0.2, 0) is 11.2 Å². The Morgan fingerprint density at radius 2 is 2.00 bits per heavy atom. The van der Waals surface area contributed by atoms with Gasteiger partial charge in [-0.05, 0) is 39.2 Å². The molecule has 4 nitrogen and oxygen atoms in total. The number of nitrogens with zero attached hydrogens (tertiary/aromatic N) is 1. The topological polar surface area (TPSA) is 41.6 Å². The molecule has 0 unspecified atom stereocenters. The molecule has 1 aromatic rings. The Balaban J connectivity index is 1.47. The average molecular weight is 302 g/mol. The number of benzene rings is 1. The van der Waals surface area contributed by atoms with Crippen LogP contribution in [0.25, 0.3) is 0 Å². The zero-order valence-corrected chi connectivity index (χ0v) is 13.8. The summed E-state index contributed by atoms with van der Waals surface area (Å²) < 4.78 is 5.43. The second kappa shape index (κ2) is 5.58. The van der Waals surface area contributed by atoms with E-state index in [0.717, 1.165) is 32.5 Å². The Bertz CT molecular complexity index is 530. The van der Waals surface area contributed by atoms with Gasteiger partial charge in [0.25, 0.3) is 0 Å². The number of nitrogens with one attached hydrogen (secondary N) is 1. The molecular weight excluding hydrogens is 276 g/mol. The fourth-order valence-electron chi connectivity index (χ4n) is 3.40. The van der Waals surface area contributed by atoms with Crippen molar-refractivity contribution >= 4 is 6.09 Å². The maximum absolute atomic E-state index is 12.0. The average Bonchev–Trinajstić information content (AvgIpc) is 2.35. The third-order valence-electron chi connectivity index (χ3n) is 4.67. The van der Waals surface area contributed by atoms with Crippen molar-refractivity contribution in [2.45, 2.75) is 45.3 Å². The SMILES string of the molecule is CC(C)(C)OC(=O)N1CC2(CN[C@H]2CCc2ccccc2)C1. The van der Waals surface area contributed by atoms with Gasteiger partial charge in [0.1, 0.15) is 5.60 Å². The standard InChI is InChI=1S/C18H26N2O2/c1-17(2,3)22-16(21)20-12-18(13-20)11-19-15(18)10-9-14-7-5-4-6-8-14/h4-8,15,19H,9-13H2,1-3H3/t15-/m0/s1. The lowest BCUT2D eigenvalue weighted by atomic mass is 9.66. The number of likely N-dealkylation sites (tertiary alicyclic amines) is 1. The maximum Gasteiger partial charge on any atom is 0.410 e. The van der Waals surface area contributed by atoms with E-state index in [1.165, 1.54) is 5.56 Å². The van der Waals surface area contributed by atoms with E-state index >= 15 is 0 Å². The van der Waals surface area contributed by atoms with Crippen molar-refractivity contribution in [3.63, 3.8) is 0 Å². The van der Waals surface area contributed by atoms with Crippen LogP contribution in [0.5, 0.6) is 0 Å². The third-order valence-corrected chi connectivity index (χ3v) is 4.67. The number of amides is 1. The summed E-state index contributed by atoms with van der Waals surface area (Å²) in [5.41, 5.74) is 1.26. The van der Waals surface area contributed by atoms with E-state index < -0.39 is 5.60 Å². The molecule has 0 aliphatic carbocycles. The monoisotopic (exact) mass is 302 g/mol. The van der Waals surface area contributed by atoms with Crippen LogP contribution in [0, 0.1) is 5.41 Å². The molecule has 1 atom stereocenters. The van der Waals surface area contributed by atoms with Crippen LogP contribution in [0.15, 0.2) is 30.3 Å². The lowest BCUT2D eigenvalue weighted by Crippen LogP contribution is -2.77. The smallest absolute Gasteiger partial charge is 0.410 e. The van der Waals surface area contributed by atoms with E-state index in [4.69, 9.17) is 4.74 Å². The molecule has 2 aliphatic rings. The summed E-state index contributed by atoms with van der Waals surface area (Å²) in [6, 6.07) is 11.1. The van der Waals surface area contributed by atoms with Gasteiger partial charge in [-0.25, -0.2) is 4.79 Å². The first-order valence-electron chi connectivity index (χ1n) is 8.13. The number of hydrogen-bond acceptors (Lipinski definition) is 3. The highest BCUT2D eigenvalue weighted by molar-refractivity contribution is 5.69. The molecule has 1 amide bonds. The molecule has 1 spiro atoms. The molecule has 120 valence electrons. The number of aryl methyl sites for hydroxylation is 1. The first-order valence-corrected chi connectivity index (χ1v) is 8.13. The van der Waals surface area contributed by atoms with E-state index in [0.29, 0.717) is 6.04 Å². The lowest BCUT2D eigenvalue weighted by molar-refractivity contribution is -0.0856. The Labute approximate surface area is 132 Å². The Morgan fingerprint density at radius 3 is 2.55 bits per heavy atom. The van der Waals surface area contributed by atoms with Crippen LogP contribution < -0.4 is 5.32 Å². The number of carbonyl (C=O) groups is 1. The molecule has 1 N–H and O–H groups in total. The summed E-state index contributed by atoms with van der Waals surface area (Å²) >= 11 is 0. The summed E-state index contributed by atoms with van der Waals surface area (Å²) in [5, 5.41) is 3.54. The predicted octanol–water partition coefficient (Wildman–Crippen LogP) is 2.83. The maximum atomic E-state index is 12.0. The molecule has 22 heavy (non-hydrogen) atoms. The van der Waals surface area contributed by atoms with Gasteiger partial charge in [-0.15, -0.1) is 0 Å². The van der Waals surface area contributed by atoms with Crippen LogP contribution in [0.4, 0.5) is 4.79 Å². The molecule has 0 radical (unpaired) electrons. The normalized spacial score (nSPS) is 22.9. The molecule has 0 bridgehead atoms. The predicted molar refractivity (Wildman–Crippen MR) is 86.8 cm³/mol. The first kappa shape index (κ1) is 15.3. The summed E-state index contributed by atoms with van der Waals surface area (Å²) in [6.07, 6.45) is 2.05. The van der Waals surface area contributed by atoms with Gasteiger partial charge in [0.15, 0.2) is 0 Å². The van der Waals surface area contributed by atoms with E-state index in [1.807, 2.05) is 25.7 Å². The number of ether oxygens (including phenoxy) is 1. The largest absolute Gasteiger partial charge is 0.444 e. The quantitative estimate of drug-likeness (QED) is 0.933. The number of rotatable bonds is 3. The van der Waals surface area contributed by atoms with E-state index in [-0.39, 0.29) is 11.5 Å². The number of hydrogen-bond donors (Lipinski definition) is 1. The van der Waals surface area contributed by atoms with Crippen molar-refractivity contribution in [2.24, 2.45) is 5.41 Å². The van der Waals surface area contributed by atoms with E-state index in [2.05, 4.69) is 35.6 Å². The van der Waals surface area contributed by atoms with E-state index in [1.54, 1.807) is 0 Å². The van der Waals surface area contributed by atoms with Crippen LogP contribution >= 0.6 is 0 Å². The van der Waals surface area contributed by atoms with Gasteiger partial charge in [0.05, 0.1) is 0 Å². The minimum Gasteiger partial charge on any atom is -0.444 e. The molecule has 2 heterocycles. The molecular formula is C18H26N2O2. The van der Waals surface area contributed by atoms with Crippen molar-refractivity contribution in [1.29, 1.82) is 0 Å². The molecule has 4 heteroatoms. The fraction of sp³-hybridized carbons (Fsp3) is 0.611. The molecule has 0 aromatic heterocycles. The van der Waals surface area contributed by atoms with Crippen LogP contribution in [0.1, 0.15) is 32.8 Å². The molecule has 0 saturated carbocycles. The Kier molecular flexibility index (Phi) is 3.89. The lowest BCUT2D eigenvalue weighted by Gasteiger charge is -2.60. The molecule has 1 aromatic carbocycles. The zero-order chi connectivity index (χ0) is 15.8. The summed E-state index contributed by atoms with van der Waals surface area (Å²) in [6.45, 7) is 8.41. The minimum absolute atomic E-state index is 0.174. The highest BCUT2D eigenvalue weighted by Gasteiger charge is 2.56. The van der Waals surface area contributed by atoms with Crippen molar-refractivity contribution < 1.29 is 9.53 Å². The van der Waals surface area contributed by atoms with Gasteiger partial charge in [-0.3, -0.25) is 0 Å². The highest BCUT2D eigenvalue weighted by atomic mass is 16.6. The molecule has 3 rings (SSSR count). The second-order valence-electron chi connectivity index (χ2n) is 7.66. The zero-order valence-electron chi connectivity index (χ0n) is 13.8. The van der Waals surface area contributed by atoms with Crippen molar-refractivity contribution in [2.75, 3.05) is 19.6 Å². The van der Waals surface area contributed by atoms with Crippen LogP contribution in [0.3, 0.4) is 0 Å². The Morgan fingerprint density at radius 1 is 1.32 bits per heavy atom. The first-order chi connectivity index (χ1) is 10.4. The van der Waals surface area contributed by atoms with Gasteiger partial charge in [0.2, 0.25) is 0 Å². The second-order valence-corrected chi connectivity index (χ2v) is 7.66. The van der Waals surface area contributed by atoms with Gasteiger partial charge in [0, 0.05) is 31.1 Å². The van der Waals surface area contributed by atoms with Gasteiger partial charge >= 0.3 is 6.09 Å². The van der Waals surface area contributed by atoms with E-state index in [9.17, 15) is 4.79 Å². The van der Waals surface area contributed by atoms with Crippen LogP contribution in [0.2, 0.25) is 0 Å². The Hall–Kier alpha value is -1.55. The summed E-state index contributed by atoms with van der Waals surface area (Å²) in [7, 11) is 0.